The van der Waals surface area contributed by atoms with Crippen LogP contribution >= 0.6 is 12.4 Å². The highest BCUT2D eigenvalue weighted by atomic mass is 35.5. The molecule has 3 N–H and O–H groups in total. The summed E-state index contributed by atoms with van der Waals surface area (Å²) >= 11 is 0. The van der Waals surface area contributed by atoms with Crippen molar-refractivity contribution in [3.05, 3.63) is 46.4 Å². The van der Waals surface area contributed by atoms with Gasteiger partial charge in [0, 0.05) is 12.6 Å². The van der Waals surface area contributed by atoms with Gasteiger partial charge in [-0.05, 0) is 50.1 Å². The lowest BCUT2D eigenvalue weighted by molar-refractivity contribution is 0.0741. The molecule has 0 saturated carbocycles. The number of H-pyrrole nitrogens is 1. The molecule has 1 amide bonds. The minimum absolute atomic E-state index is 0. The molecule has 7 heteroatoms. The third kappa shape index (κ3) is 3.33. The van der Waals surface area contributed by atoms with Crippen molar-refractivity contribution in [2.24, 2.45) is 11.7 Å². The molecule has 0 radical (unpaired) electrons. The quantitative estimate of drug-likeness (QED) is 0.894. The van der Waals surface area contributed by atoms with Gasteiger partial charge < -0.3 is 20.0 Å². The maximum absolute atomic E-state index is 12.6. The predicted molar refractivity (Wildman–Crippen MR) is 89.7 cm³/mol. The van der Waals surface area contributed by atoms with E-state index in [0.29, 0.717) is 30.5 Å². The number of pyridine rings is 1. The molecule has 124 valence electrons. The van der Waals surface area contributed by atoms with Crippen LogP contribution in [0.1, 0.15) is 23.7 Å². The number of amides is 1. The van der Waals surface area contributed by atoms with Gasteiger partial charge in [0.25, 0.3) is 11.5 Å². The molecule has 0 aliphatic carbocycles. The average molecular weight is 338 g/mol. The molecule has 0 bridgehead atoms. The van der Waals surface area contributed by atoms with Crippen LogP contribution < -0.4 is 11.3 Å². The number of nitrogens with zero attached hydrogens (tertiary/aromatic N) is 1. The van der Waals surface area contributed by atoms with Gasteiger partial charge in [-0.15, -0.1) is 12.4 Å². The van der Waals surface area contributed by atoms with Crippen molar-refractivity contribution in [2.45, 2.75) is 19.4 Å². The standard InChI is InChI=1S/C16H19N3O3.ClH/c1-10-7-11(8-17)9-19(10)16(21)12-4-5-13(18-15(12)20)14-3-2-6-22-14;/h2-6,10-11H,7-9,17H2,1H3,(H,18,20);1H. The summed E-state index contributed by atoms with van der Waals surface area (Å²) in [5.74, 6) is 0.630. The van der Waals surface area contributed by atoms with E-state index in [1.165, 1.54) is 6.26 Å². The van der Waals surface area contributed by atoms with Gasteiger partial charge in [-0.3, -0.25) is 9.59 Å². The number of aromatic nitrogens is 1. The Kier molecular flexibility index (Phi) is 5.28. The van der Waals surface area contributed by atoms with Crippen molar-refractivity contribution in [3.63, 3.8) is 0 Å². The molecule has 2 unspecified atom stereocenters. The Morgan fingerprint density at radius 3 is 2.78 bits per heavy atom. The largest absolute Gasteiger partial charge is 0.463 e. The summed E-state index contributed by atoms with van der Waals surface area (Å²) in [6.45, 7) is 3.15. The van der Waals surface area contributed by atoms with Gasteiger partial charge in [-0.1, -0.05) is 0 Å². The third-order valence-corrected chi connectivity index (χ3v) is 4.18. The molecule has 2 atom stereocenters. The van der Waals surface area contributed by atoms with Crippen LogP contribution in [0, 0.1) is 5.92 Å². The van der Waals surface area contributed by atoms with E-state index in [1.807, 2.05) is 6.92 Å². The second kappa shape index (κ2) is 7.02. The first-order valence-corrected chi connectivity index (χ1v) is 7.38. The van der Waals surface area contributed by atoms with Crippen LogP contribution in [0.15, 0.2) is 39.7 Å². The number of aromatic amines is 1. The average Bonchev–Trinajstić information content (AvgIpc) is 3.15. The number of halogens is 1. The van der Waals surface area contributed by atoms with Crippen molar-refractivity contribution in [2.75, 3.05) is 13.1 Å². The second-order valence-corrected chi connectivity index (χ2v) is 5.74. The highest BCUT2D eigenvalue weighted by molar-refractivity contribution is 5.94. The van der Waals surface area contributed by atoms with E-state index in [2.05, 4.69) is 4.98 Å². The van der Waals surface area contributed by atoms with Crippen LogP contribution in [0.2, 0.25) is 0 Å². The molecule has 1 aliphatic rings. The number of likely N-dealkylation sites (tertiary alicyclic amines) is 1. The monoisotopic (exact) mass is 337 g/mol. The third-order valence-electron chi connectivity index (χ3n) is 4.18. The fourth-order valence-electron chi connectivity index (χ4n) is 2.97. The van der Waals surface area contributed by atoms with Crippen LogP contribution in [-0.4, -0.2) is 34.9 Å². The van der Waals surface area contributed by atoms with Gasteiger partial charge >= 0.3 is 0 Å². The number of nitrogens with two attached hydrogens (primary N) is 1. The molecule has 23 heavy (non-hydrogen) atoms. The number of hydrogen-bond acceptors (Lipinski definition) is 4. The van der Waals surface area contributed by atoms with E-state index in [1.54, 1.807) is 29.2 Å². The summed E-state index contributed by atoms with van der Waals surface area (Å²) < 4.78 is 5.24. The molecule has 1 aliphatic heterocycles. The van der Waals surface area contributed by atoms with Crippen molar-refractivity contribution < 1.29 is 9.21 Å². The Morgan fingerprint density at radius 2 is 2.22 bits per heavy atom. The molecule has 6 nitrogen and oxygen atoms in total. The number of rotatable bonds is 3. The van der Waals surface area contributed by atoms with Gasteiger partial charge in [0.1, 0.15) is 11.3 Å². The van der Waals surface area contributed by atoms with E-state index < -0.39 is 5.56 Å². The van der Waals surface area contributed by atoms with Gasteiger partial charge in [-0.2, -0.15) is 0 Å². The normalized spacial score (nSPS) is 20.3. The molecule has 2 aromatic heterocycles. The number of furan rings is 1. The van der Waals surface area contributed by atoms with Crippen LogP contribution in [0.3, 0.4) is 0 Å². The van der Waals surface area contributed by atoms with Gasteiger partial charge in [0.05, 0.1) is 12.0 Å². The fourth-order valence-corrected chi connectivity index (χ4v) is 2.97. The van der Waals surface area contributed by atoms with Crippen molar-refractivity contribution in [3.8, 4) is 11.5 Å². The van der Waals surface area contributed by atoms with Gasteiger partial charge in [0.2, 0.25) is 0 Å². The summed E-state index contributed by atoms with van der Waals surface area (Å²) in [6.07, 6.45) is 2.41. The van der Waals surface area contributed by atoms with E-state index in [4.69, 9.17) is 10.2 Å². The Morgan fingerprint density at radius 1 is 1.43 bits per heavy atom. The van der Waals surface area contributed by atoms with Crippen molar-refractivity contribution >= 4 is 18.3 Å². The summed E-state index contributed by atoms with van der Waals surface area (Å²) in [4.78, 5) is 29.2. The summed E-state index contributed by atoms with van der Waals surface area (Å²) in [7, 11) is 0. The van der Waals surface area contributed by atoms with Crippen LogP contribution in [-0.2, 0) is 0 Å². The summed E-state index contributed by atoms with van der Waals surface area (Å²) in [5, 5.41) is 0. The van der Waals surface area contributed by atoms with E-state index in [-0.39, 0.29) is 29.9 Å². The Bertz CT molecular complexity index is 726. The maximum atomic E-state index is 12.6. The lowest BCUT2D eigenvalue weighted by Crippen LogP contribution is -2.37. The lowest BCUT2D eigenvalue weighted by Gasteiger charge is -2.21. The first kappa shape index (κ1) is 17.3. The molecule has 3 heterocycles. The summed E-state index contributed by atoms with van der Waals surface area (Å²) in [5.41, 5.74) is 5.99. The summed E-state index contributed by atoms with van der Waals surface area (Å²) in [6, 6.07) is 6.84. The van der Waals surface area contributed by atoms with E-state index >= 15 is 0 Å². The highest BCUT2D eigenvalue weighted by Crippen LogP contribution is 2.24. The van der Waals surface area contributed by atoms with Crippen molar-refractivity contribution in [1.82, 2.24) is 9.88 Å². The van der Waals surface area contributed by atoms with E-state index in [9.17, 15) is 9.59 Å². The molecule has 2 aromatic rings. The molecule has 0 aromatic carbocycles. The Hall–Kier alpha value is -2.05. The molecule has 1 saturated heterocycles. The second-order valence-electron chi connectivity index (χ2n) is 5.74. The molecule has 0 spiro atoms. The zero-order chi connectivity index (χ0) is 15.7. The zero-order valence-electron chi connectivity index (χ0n) is 12.8. The number of carbonyl (C=O) groups is 1. The smallest absolute Gasteiger partial charge is 0.261 e. The Balaban J connectivity index is 0.00000192. The van der Waals surface area contributed by atoms with Crippen LogP contribution in [0.25, 0.3) is 11.5 Å². The molecule has 3 rings (SSSR count). The SMILES string of the molecule is CC1CC(CN)CN1C(=O)c1ccc(-c2ccco2)[nH]c1=O.Cl. The Labute approximate surface area is 140 Å². The van der Waals surface area contributed by atoms with E-state index in [0.717, 1.165) is 6.42 Å². The van der Waals surface area contributed by atoms with Crippen LogP contribution in [0.5, 0.6) is 0 Å². The minimum Gasteiger partial charge on any atom is -0.463 e. The highest BCUT2D eigenvalue weighted by Gasteiger charge is 2.33. The van der Waals surface area contributed by atoms with Gasteiger partial charge in [-0.25, -0.2) is 0 Å². The number of nitrogens with one attached hydrogen (secondary N) is 1. The molecular weight excluding hydrogens is 318 g/mol. The van der Waals surface area contributed by atoms with Gasteiger partial charge in [0.15, 0.2) is 0 Å². The number of hydrogen-bond donors (Lipinski definition) is 2. The minimum atomic E-state index is -0.401. The fraction of sp³-hybridized carbons (Fsp3) is 0.375. The van der Waals surface area contributed by atoms with Crippen molar-refractivity contribution in [1.29, 1.82) is 0 Å². The molecular formula is C16H20ClN3O3. The number of carbonyl (C=O) groups excluding carboxylic acids is 1. The first-order valence-electron chi connectivity index (χ1n) is 7.38. The van der Waals surface area contributed by atoms with Crippen LogP contribution in [0.4, 0.5) is 0 Å². The maximum Gasteiger partial charge on any atom is 0.261 e. The topological polar surface area (TPSA) is 92.3 Å². The molecule has 1 fully saturated rings. The first-order chi connectivity index (χ1) is 10.6. The lowest BCUT2D eigenvalue weighted by atomic mass is 10.1. The zero-order valence-corrected chi connectivity index (χ0v) is 13.6. The predicted octanol–water partition coefficient (Wildman–Crippen LogP) is 1.87.